The molecule has 2 aromatic heterocycles. The normalized spacial score (nSPS) is 13.3. The summed E-state index contributed by atoms with van der Waals surface area (Å²) in [5, 5.41) is 4.37. The van der Waals surface area contributed by atoms with E-state index in [4.69, 9.17) is 4.74 Å². The first kappa shape index (κ1) is 18.3. The summed E-state index contributed by atoms with van der Waals surface area (Å²) in [5.74, 6) is 0.291. The van der Waals surface area contributed by atoms with Crippen molar-refractivity contribution >= 4 is 22.7 Å². The Morgan fingerprint density at radius 2 is 2.14 bits per heavy atom. The van der Waals surface area contributed by atoms with Crippen LogP contribution in [0, 0.1) is 0 Å². The van der Waals surface area contributed by atoms with E-state index < -0.39 is 0 Å². The first-order chi connectivity index (χ1) is 13.7. The van der Waals surface area contributed by atoms with E-state index in [1.807, 2.05) is 18.2 Å². The maximum absolute atomic E-state index is 11.9. The number of hydrogen-bond acceptors (Lipinski definition) is 5. The summed E-state index contributed by atoms with van der Waals surface area (Å²) in [6.45, 7) is 1.60. The highest BCUT2D eigenvalue weighted by molar-refractivity contribution is 5.96. The Morgan fingerprint density at radius 1 is 1.29 bits per heavy atom. The van der Waals surface area contributed by atoms with Gasteiger partial charge in [-0.25, -0.2) is 9.78 Å². The van der Waals surface area contributed by atoms with Crippen LogP contribution < -0.4 is 10.9 Å². The van der Waals surface area contributed by atoms with Gasteiger partial charge in [-0.2, -0.15) is 0 Å². The van der Waals surface area contributed by atoms with Crippen molar-refractivity contribution in [3.05, 3.63) is 57.8 Å². The van der Waals surface area contributed by atoms with Crippen LogP contribution in [-0.4, -0.2) is 34.2 Å². The molecule has 0 fully saturated rings. The summed E-state index contributed by atoms with van der Waals surface area (Å²) in [7, 11) is 1.41. The fourth-order valence-corrected chi connectivity index (χ4v) is 4.05. The van der Waals surface area contributed by atoms with E-state index in [0.717, 1.165) is 32.4 Å². The molecule has 0 spiro atoms. The molecule has 7 nitrogen and oxygen atoms in total. The van der Waals surface area contributed by atoms with Crippen LogP contribution in [0.4, 0.5) is 5.82 Å². The van der Waals surface area contributed by atoms with Crippen LogP contribution in [0.25, 0.3) is 10.9 Å². The van der Waals surface area contributed by atoms with E-state index >= 15 is 0 Å². The quantitative estimate of drug-likeness (QED) is 0.507. The van der Waals surface area contributed by atoms with Gasteiger partial charge in [-0.3, -0.25) is 4.79 Å². The second kappa shape index (κ2) is 7.88. The second-order valence-corrected chi connectivity index (χ2v) is 7.08. The zero-order valence-electron chi connectivity index (χ0n) is 16.0. The zero-order valence-corrected chi connectivity index (χ0v) is 16.0. The molecule has 0 saturated carbocycles. The van der Waals surface area contributed by atoms with Gasteiger partial charge >= 0.3 is 5.97 Å². The Labute approximate surface area is 162 Å². The third kappa shape index (κ3) is 3.52. The van der Waals surface area contributed by atoms with Gasteiger partial charge in [0.2, 0.25) is 0 Å². The molecule has 0 unspecified atom stereocenters. The molecule has 1 aromatic carbocycles. The highest BCUT2D eigenvalue weighted by atomic mass is 16.5. The number of benzene rings is 1. The fraction of sp³-hybridized carbons (Fsp3) is 0.381. The summed E-state index contributed by atoms with van der Waals surface area (Å²) in [6.07, 6.45) is 6.81. The van der Waals surface area contributed by atoms with E-state index in [1.54, 1.807) is 0 Å². The van der Waals surface area contributed by atoms with Gasteiger partial charge in [-0.05, 0) is 55.9 Å². The van der Waals surface area contributed by atoms with Gasteiger partial charge in [-0.15, -0.1) is 0 Å². The Kier molecular flexibility index (Phi) is 5.14. The highest BCUT2D eigenvalue weighted by Gasteiger charge is 2.21. The average molecular weight is 380 g/mol. The topological polar surface area (TPSA) is 89.0 Å². The molecule has 0 aliphatic heterocycles. The largest absolute Gasteiger partial charge is 0.465 e. The number of nitrogens with zero attached hydrogens (tertiary/aromatic N) is 2. The van der Waals surface area contributed by atoms with Crippen molar-refractivity contribution in [2.45, 2.75) is 38.6 Å². The van der Waals surface area contributed by atoms with Crippen LogP contribution >= 0.6 is 0 Å². The number of nitrogens with one attached hydrogen (secondary N) is 2. The van der Waals surface area contributed by atoms with Crippen molar-refractivity contribution in [3.8, 4) is 0 Å². The molecule has 28 heavy (non-hydrogen) atoms. The Morgan fingerprint density at radius 3 is 2.96 bits per heavy atom. The molecular weight excluding hydrogens is 356 g/mol. The van der Waals surface area contributed by atoms with E-state index in [1.165, 1.54) is 54.5 Å². The third-order valence-electron chi connectivity index (χ3n) is 5.34. The molecule has 1 aliphatic carbocycles. The molecule has 0 bridgehead atoms. The van der Waals surface area contributed by atoms with Gasteiger partial charge in [0.1, 0.15) is 5.82 Å². The minimum absolute atomic E-state index is 0.163. The molecule has 2 N–H and O–H groups in total. The minimum atomic E-state index is -0.297. The first-order valence-electron chi connectivity index (χ1n) is 9.68. The van der Waals surface area contributed by atoms with Crippen LogP contribution in [-0.2, 0) is 24.1 Å². The molecule has 0 radical (unpaired) electrons. The number of carbonyl (C=O) groups is 1. The number of carbonyl (C=O) groups excluding carboxylic acids is 1. The fourth-order valence-electron chi connectivity index (χ4n) is 4.05. The standard InChI is InChI=1S/C21H24N4O3/c1-28-21(27)14-7-8-18-16(11-14)15-5-2-3-6-17(15)25(18)10-4-9-22-19-12-20(26)24-13-23-19/h7-8,11-13H,2-6,9-10H2,1H3,(H2,22,23,24,26). The SMILES string of the molecule is COC(=O)c1ccc2c(c1)c1c(n2CCCNc2cc(=O)[nH]cn2)CCCC1. The zero-order chi connectivity index (χ0) is 19.5. The van der Waals surface area contributed by atoms with E-state index in [9.17, 15) is 9.59 Å². The summed E-state index contributed by atoms with van der Waals surface area (Å²) < 4.78 is 7.27. The predicted molar refractivity (Wildman–Crippen MR) is 108 cm³/mol. The maximum Gasteiger partial charge on any atom is 0.337 e. The number of ether oxygens (including phenoxy) is 1. The number of hydrogen-bond donors (Lipinski definition) is 2. The monoisotopic (exact) mass is 380 g/mol. The number of aryl methyl sites for hydroxylation is 2. The summed E-state index contributed by atoms with van der Waals surface area (Å²) in [6, 6.07) is 7.31. The number of anilines is 1. The number of esters is 1. The number of aromatic amines is 1. The second-order valence-electron chi connectivity index (χ2n) is 7.08. The van der Waals surface area contributed by atoms with E-state index in [2.05, 4.69) is 19.9 Å². The first-order valence-corrected chi connectivity index (χ1v) is 9.68. The average Bonchev–Trinajstić information content (AvgIpc) is 3.04. The smallest absolute Gasteiger partial charge is 0.337 e. The predicted octanol–water partition coefficient (Wildman–Crippen LogP) is 2.89. The maximum atomic E-state index is 11.9. The Bertz CT molecular complexity index is 1070. The van der Waals surface area contributed by atoms with E-state index in [0.29, 0.717) is 11.4 Å². The lowest BCUT2D eigenvalue weighted by atomic mass is 9.95. The van der Waals surface area contributed by atoms with Crippen LogP contribution in [0.15, 0.2) is 35.4 Å². The van der Waals surface area contributed by atoms with Gasteiger partial charge in [-0.1, -0.05) is 0 Å². The number of aromatic nitrogens is 3. The molecule has 4 rings (SSSR count). The summed E-state index contributed by atoms with van der Waals surface area (Å²) in [5.41, 5.74) is 4.37. The molecule has 0 saturated heterocycles. The number of fused-ring (bicyclic) bond motifs is 3. The van der Waals surface area contributed by atoms with Gasteiger partial charge in [0.05, 0.1) is 19.0 Å². The Hall–Kier alpha value is -3.09. The molecule has 7 heteroatoms. The van der Waals surface area contributed by atoms with Crippen LogP contribution in [0.1, 0.15) is 40.9 Å². The molecular formula is C21H24N4O3. The lowest BCUT2D eigenvalue weighted by Crippen LogP contribution is -2.13. The highest BCUT2D eigenvalue weighted by Crippen LogP contribution is 2.33. The molecule has 146 valence electrons. The van der Waals surface area contributed by atoms with Crippen molar-refractivity contribution in [2.24, 2.45) is 0 Å². The molecule has 2 heterocycles. The van der Waals surface area contributed by atoms with Crippen molar-refractivity contribution in [1.82, 2.24) is 14.5 Å². The van der Waals surface area contributed by atoms with Crippen LogP contribution in [0.2, 0.25) is 0 Å². The van der Waals surface area contributed by atoms with Crippen molar-refractivity contribution in [1.29, 1.82) is 0 Å². The molecule has 0 atom stereocenters. The number of H-pyrrole nitrogens is 1. The number of rotatable bonds is 6. The third-order valence-corrected chi connectivity index (χ3v) is 5.34. The van der Waals surface area contributed by atoms with Crippen LogP contribution in [0.5, 0.6) is 0 Å². The minimum Gasteiger partial charge on any atom is -0.465 e. The Balaban J connectivity index is 1.56. The van der Waals surface area contributed by atoms with Gasteiger partial charge < -0.3 is 19.6 Å². The van der Waals surface area contributed by atoms with Crippen LogP contribution in [0.3, 0.4) is 0 Å². The lowest BCUT2D eigenvalue weighted by molar-refractivity contribution is 0.0601. The number of methoxy groups -OCH3 is 1. The van der Waals surface area contributed by atoms with Crippen molar-refractivity contribution in [2.75, 3.05) is 19.0 Å². The lowest BCUT2D eigenvalue weighted by Gasteiger charge is -2.16. The summed E-state index contributed by atoms with van der Waals surface area (Å²) in [4.78, 5) is 29.9. The van der Waals surface area contributed by atoms with E-state index in [-0.39, 0.29) is 11.5 Å². The molecule has 0 amide bonds. The van der Waals surface area contributed by atoms with Gasteiger partial charge in [0, 0.05) is 35.8 Å². The molecule has 1 aliphatic rings. The summed E-state index contributed by atoms with van der Waals surface area (Å²) >= 11 is 0. The van der Waals surface area contributed by atoms with Gasteiger partial charge in [0.25, 0.3) is 5.56 Å². The molecule has 3 aromatic rings. The van der Waals surface area contributed by atoms with Crippen molar-refractivity contribution in [3.63, 3.8) is 0 Å². The van der Waals surface area contributed by atoms with Gasteiger partial charge in [0.15, 0.2) is 0 Å². The van der Waals surface area contributed by atoms with Crippen molar-refractivity contribution < 1.29 is 9.53 Å².